The first kappa shape index (κ1) is 19.5. The molecule has 0 N–H and O–H groups in total. The van der Waals surface area contributed by atoms with Crippen LogP contribution in [0.4, 0.5) is 0 Å². The van der Waals surface area contributed by atoms with E-state index in [2.05, 4.69) is 124 Å². The quantitative estimate of drug-likeness (QED) is 0.261. The first-order chi connectivity index (χ1) is 15.3. The Bertz CT molecular complexity index is 1310. The fourth-order valence-electron chi connectivity index (χ4n) is 3.79. The summed E-state index contributed by atoms with van der Waals surface area (Å²) in [6.45, 7) is 0. The number of pyridine rings is 1. The molecule has 0 unspecified atom stereocenters. The minimum Gasteiger partial charge on any atom is -0.256 e. The largest absolute Gasteiger partial charge is 0.256 e. The van der Waals surface area contributed by atoms with Gasteiger partial charge in [0.05, 0.1) is 5.69 Å². The minimum atomic E-state index is 0.961. The summed E-state index contributed by atoms with van der Waals surface area (Å²) in [6, 6.07) is 40.3. The van der Waals surface area contributed by atoms with Crippen LogP contribution >= 0.6 is 15.9 Å². The molecule has 5 aromatic rings. The molecule has 0 aliphatic carbocycles. The van der Waals surface area contributed by atoms with Crippen molar-refractivity contribution >= 4 is 15.9 Å². The molecule has 0 aliphatic rings. The van der Waals surface area contributed by atoms with Crippen molar-refractivity contribution in [3.63, 3.8) is 0 Å². The second-order valence-corrected chi connectivity index (χ2v) is 8.38. The van der Waals surface area contributed by atoms with Crippen molar-refractivity contribution in [3.8, 4) is 44.6 Å². The van der Waals surface area contributed by atoms with Crippen LogP contribution in [0, 0.1) is 0 Å². The maximum atomic E-state index is 4.66. The van der Waals surface area contributed by atoms with Crippen LogP contribution in [-0.4, -0.2) is 4.98 Å². The van der Waals surface area contributed by atoms with Crippen LogP contribution < -0.4 is 0 Å². The van der Waals surface area contributed by atoms with Crippen LogP contribution in [0.25, 0.3) is 44.6 Å². The molecule has 1 aromatic heterocycles. The summed E-state index contributed by atoms with van der Waals surface area (Å²) >= 11 is 3.67. The summed E-state index contributed by atoms with van der Waals surface area (Å²) in [5.74, 6) is 0. The summed E-state index contributed by atoms with van der Waals surface area (Å²) in [7, 11) is 0. The molecule has 1 heterocycles. The fraction of sp³-hybridized carbons (Fsp3) is 0. The van der Waals surface area contributed by atoms with Crippen LogP contribution in [0.1, 0.15) is 0 Å². The van der Waals surface area contributed by atoms with Gasteiger partial charge in [-0.1, -0.05) is 101 Å². The van der Waals surface area contributed by atoms with Crippen LogP contribution in [-0.2, 0) is 0 Å². The molecule has 4 aromatic carbocycles. The van der Waals surface area contributed by atoms with Gasteiger partial charge in [-0.25, -0.2) is 0 Å². The van der Waals surface area contributed by atoms with E-state index in [0.717, 1.165) is 21.3 Å². The van der Waals surface area contributed by atoms with E-state index in [1.165, 1.54) is 27.8 Å². The zero-order chi connectivity index (χ0) is 21.0. The number of rotatable bonds is 4. The van der Waals surface area contributed by atoms with Crippen LogP contribution in [0.2, 0.25) is 0 Å². The maximum Gasteiger partial charge on any atom is 0.0708 e. The number of benzene rings is 4. The van der Waals surface area contributed by atoms with Gasteiger partial charge in [0.25, 0.3) is 0 Å². The first-order valence-corrected chi connectivity index (χ1v) is 11.0. The Morgan fingerprint density at radius 2 is 0.935 bits per heavy atom. The number of halogens is 1. The topological polar surface area (TPSA) is 12.9 Å². The van der Waals surface area contributed by atoms with Crippen molar-refractivity contribution in [2.24, 2.45) is 0 Å². The molecule has 31 heavy (non-hydrogen) atoms. The van der Waals surface area contributed by atoms with Crippen molar-refractivity contribution in [2.75, 3.05) is 0 Å². The molecule has 0 atom stereocenters. The molecule has 0 radical (unpaired) electrons. The predicted octanol–water partition coefficient (Wildman–Crippen LogP) is 8.51. The second-order valence-electron chi connectivity index (χ2n) is 7.47. The molecule has 0 fully saturated rings. The van der Waals surface area contributed by atoms with Gasteiger partial charge in [-0.2, -0.15) is 0 Å². The molecule has 0 aliphatic heterocycles. The Hall–Kier alpha value is -3.49. The van der Waals surface area contributed by atoms with Crippen molar-refractivity contribution in [2.45, 2.75) is 0 Å². The molecule has 2 heteroatoms. The lowest BCUT2D eigenvalue weighted by molar-refractivity contribution is 1.32. The standard InChI is InChI=1S/C29H20BrN/c30-28-18-26(22-9-5-2-6-10-22)17-27(19-28)29-20-25(15-16-31-29)24-13-11-23(12-14-24)21-7-3-1-4-8-21/h1-20H. The highest BCUT2D eigenvalue weighted by atomic mass is 79.9. The third-order valence-corrected chi connectivity index (χ3v) is 5.84. The molecule has 0 saturated heterocycles. The zero-order valence-electron chi connectivity index (χ0n) is 16.9. The average molecular weight is 462 g/mol. The van der Waals surface area contributed by atoms with Gasteiger partial charge in [0.1, 0.15) is 0 Å². The Morgan fingerprint density at radius 3 is 1.58 bits per heavy atom. The summed E-state index contributed by atoms with van der Waals surface area (Å²) in [6.07, 6.45) is 1.89. The summed E-state index contributed by atoms with van der Waals surface area (Å²) in [5.41, 5.74) is 9.21. The molecule has 0 spiro atoms. The molecular weight excluding hydrogens is 442 g/mol. The monoisotopic (exact) mass is 461 g/mol. The van der Waals surface area contributed by atoms with Crippen molar-refractivity contribution in [1.82, 2.24) is 4.98 Å². The van der Waals surface area contributed by atoms with Gasteiger partial charge in [0, 0.05) is 16.2 Å². The summed E-state index contributed by atoms with van der Waals surface area (Å²) < 4.78 is 1.04. The van der Waals surface area contributed by atoms with Gasteiger partial charge in [-0.3, -0.25) is 4.98 Å². The molecule has 0 saturated carbocycles. The Labute approximate surface area is 191 Å². The van der Waals surface area contributed by atoms with Gasteiger partial charge in [-0.05, 0) is 63.7 Å². The highest BCUT2D eigenvalue weighted by molar-refractivity contribution is 9.10. The van der Waals surface area contributed by atoms with Crippen molar-refractivity contribution < 1.29 is 0 Å². The number of hydrogen-bond donors (Lipinski definition) is 0. The molecule has 1 nitrogen and oxygen atoms in total. The van der Waals surface area contributed by atoms with Gasteiger partial charge in [0.2, 0.25) is 0 Å². The highest BCUT2D eigenvalue weighted by Crippen LogP contribution is 2.32. The Kier molecular flexibility index (Phi) is 5.47. The minimum absolute atomic E-state index is 0.961. The normalized spacial score (nSPS) is 10.7. The van der Waals surface area contributed by atoms with E-state index >= 15 is 0 Å². The Balaban J connectivity index is 1.49. The highest BCUT2D eigenvalue weighted by Gasteiger charge is 2.08. The molecular formula is C29H20BrN. The molecule has 148 valence electrons. The number of aromatic nitrogens is 1. The second kappa shape index (κ2) is 8.71. The van der Waals surface area contributed by atoms with E-state index in [9.17, 15) is 0 Å². The van der Waals surface area contributed by atoms with E-state index < -0.39 is 0 Å². The van der Waals surface area contributed by atoms with E-state index in [-0.39, 0.29) is 0 Å². The lowest BCUT2D eigenvalue weighted by atomic mass is 9.98. The Morgan fingerprint density at radius 1 is 0.419 bits per heavy atom. The van der Waals surface area contributed by atoms with E-state index in [4.69, 9.17) is 0 Å². The molecule has 5 rings (SSSR count). The van der Waals surface area contributed by atoms with Gasteiger partial charge in [0.15, 0.2) is 0 Å². The molecule has 0 bridgehead atoms. The van der Waals surface area contributed by atoms with Crippen LogP contribution in [0.15, 0.2) is 126 Å². The lowest BCUT2D eigenvalue weighted by Crippen LogP contribution is -1.88. The molecule has 0 amide bonds. The van der Waals surface area contributed by atoms with E-state index in [0.29, 0.717) is 0 Å². The van der Waals surface area contributed by atoms with Crippen molar-refractivity contribution in [3.05, 3.63) is 126 Å². The van der Waals surface area contributed by atoms with E-state index in [1.54, 1.807) is 0 Å². The first-order valence-electron chi connectivity index (χ1n) is 10.2. The zero-order valence-corrected chi connectivity index (χ0v) is 18.5. The van der Waals surface area contributed by atoms with Gasteiger partial charge in [-0.15, -0.1) is 0 Å². The van der Waals surface area contributed by atoms with Crippen molar-refractivity contribution in [1.29, 1.82) is 0 Å². The van der Waals surface area contributed by atoms with E-state index in [1.807, 2.05) is 18.3 Å². The fourth-order valence-corrected chi connectivity index (χ4v) is 4.28. The smallest absolute Gasteiger partial charge is 0.0708 e. The average Bonchev–Trinajstić information content (AvgIpc) is 2.85. The van der Waals surface area contributed by atoms with Crippen LogP contribution in [0.5, 0.6) is 0 Å². The number of hydrogen-bond acceptors (Lipinski definition) is 1. The SMILES string of the molecule is Brc1cc(-c2ccccc2)cc(-c2cc(-c3ccc(-c4ccccc4)cc3)ccn2)c1. The lowest BCUT2D eigenvalue weighted by Gasteiger charge is -2.09. The predicted molar refractivity (Wildman–Crippen MR) is 134 cm³/mol. The maximum absolute atomic E-state index is 4.66. The van der Waals surface area contributed by atoms with Gasteiger partial charge >= 0.3 is 0 Å². The summed E-state index contributed by atoms with van der Waals surface area (Å²) in [5, 5.41) is 0. The third kappa shape index (κ3) is 4.35. The van der Waals surface area contributed by atoms with Gasteiger partial charge < -0.3 is 0 Å². The van der Waals surface area contributed by atoms with Crippen LogP contribution in [0.3, 0.4) is 0 Å². The summed E-state index contributed by atoms with van der Waals surface area (Å²) in [4.78, 5) is 4.66. The third-order valence-electron chi connectivity index (χ3n) is 5.39. The number of nitrogens with zero attached hydrogens (tertiary/aromatic N) is 1.